The van der Waals surface area contributed by atoms with Gasteiger partial charge < -0.3 is 10.2 Å². The van der Waals surface area contributed by atoms with Gasteiger partial charge in [0.05, 0.1) is 10.2 Å². The number of halogens is 1. The number of hydrogen-bond donors (Lipinski definition) is 1. The second-order valence-electron chi connectivity index (χ2n) is 6.93. The Hall–Kier alpha value is -2.45. The van der Waals surface area contributed by atoms with Crippen LogP contribution < -0.4 is 5.32 Å². The van der Waals surface area contributed by atoms with Gasteiger partial charge in [-0.25, -0.2) is 9.37 Å². The van der Waals surface area contributed by atoms with Gasteiger partial charge in [-0.1, -0.05) is 11.8 Å². The summed E-state index contributed by atoms with van der Waals surface area (Å²) < 4.78 is 15.1. The number of carbonyl (C=O) groups excluding carboxylic acids is 2. The number of fused-ring (bicyclic) bond motifs is 1. The number of thiazole rings is 1. The predicted molar refractivity (Wildman–Crippen MR) is 115 cm³/mol. The van der Waals surface area contributed by atoms with Gasteiger partial charge in [-0.05, 0) is 61.6 Å². The molecule has 2 heterocycles. The van der Waals surface area contributed by atoms with Gasteiger partial charge in [-0.2, -0.15) is 0 Å². The molecule has 0 aliphatic carbocycles. The summed E-state index contributed by atoms with van der Waals surface area (Å²) in [5.41, 5.74) is 2.17. The molecule has 4 rings (SSSR count). The number of nitrogens with one attached hydrogen (secondary N) is 1. The minimum Gasteiger partial charge on any atom is -0.339 e. The summed E-state index contributed by atoms with van der Waals surface area (Å²) in [6, 6.07) is 11.3. The van der Waals surface area contributed by atoms with Crippen molar-refractivity contribution in [1.29, 1.82) is 0 Å². The number of aromatic nitrogens is 1. The summed E-state index contributed by atoms with van der Waals surface area (Å²) in [6.07, 6.45) is 3.21. The van der Waals surface area contributed by atoms with E-state index in [4.69, 9.17) is 0 Å². The first-order valence-electron chi connectivity index (χ1n) is 9.34. The molecule has 0 unspecified atom stereocenters. The minimum absolute atomic E-state index is 0.0205. The van der Waals surface area contributed by atoms with Crippen molar-refractivity contribution in [2.45, 2.75) is 17.2 Å². The molecule has 0 radical (unpaired) electrons. The lowest BCUT2D eigenvalue weighted by atomic mass is 9.95. The molecular weight excluding hydrogens is 409 g/mol. The number of thioether (sulfide) groups is 1. The molecule has 0 spiro atoms. The Morgan fingerprint density at radius 1 is 1.17 bits per heavy atom. The molecule has 8 heteroatoms. The number of anilines is 1. The smallest absolute Gasteiger partial charge is 0.253 e. The van der Waals surface area contributed by atoms with Crippen LogP contribution in [0.5, 0.6) is 0 Å². The van der Waals surface area contributed by atoms with E-state index in [9.17, 15) is 14.0 Å². The second kappa shape index (κ2) is 8.51. The Balaban J connectivity index is 1.35. The van der Waals surface area contributed by atoms with E-state index < -0.39 is 0 Å². The zero-order valence-electron chi connectivity index (χ0n) is 15.9. The third-order valence-electron chi connectivity index (χ3n) is 5.06. The van der Waals surface area contributed by atoms with Crippen molar-refractivity contribution >= 4 is 50.8 Å². The first-order chi connectivity index (χ1) is 14.0. The van der Waals surface area contributed by atoms with Crippen LogP contribution in [-0.2, 0) is 4.79 Å². The molecule has 0 saturated carbocycles. The van der Waals surface area contributed by atoms with E-state index in [1.165, 1.54) is 24.3 Å². The number of hydrogen-bond acceptors (Lipinski definition) is 5. The largest absolute Gasteiger partial charge is 0.339 e. The lowest BCUT2D eigenvalue weighted by Crippen LogP contribution is -2.41. The average Bonchev–Trinajstić information content (AvgIpc) is 3.16. The van der Waals surface area contributed by atoms with Crippen LogP contribution >= 0.6 is 23.1 Å². The lowest BCUT2D eigenvalue weighted by molar-refractivity contribution is -0.121. The molecule has 2 aromatic carbocycles. The minimum atomic E-state index is -0.363. The molecule has 150 valence electrons. The van der Waals surface area contributed by atoms with E-state index in [2.05, 4.69) is 10.3 Å². The third kappa shape index (κ3) is 4.43. The van der Waals surface area contributed by atoms with Crippen LogP contribution in [0.4, 0.5) is 10.1 Å². The van der Waals surface area contributed by atoms with E-state index >= 15 is 0 Å². The number of nitrogens with zero attached hydrogens (tertiary/aromatic N) is 2. The zero-order valence-corrected chi connectivity index (χ0v) is 17.5. The van der Waals surface area contributed by atoms with Crippen molar-refractivity contribution in [2.24, 2.45) is 5.92 Å². The molecule has 2 amide bonds. The normalized spacial score (nSPS) is 14.9. The van der Waals surface area contributed by atoms with Crippen molar-refractivity contribution in [1.82, 2.24) is 9.88 Å². The van der Waals surface area contributed by atoms with E-state index in [-0.39, 0.29) is 23.5 Å². The number of rotatable bonds is 4. The highest BCUT2D eigenvalue weighted by Gasteiger charge is 2.28. The summed E-state index contributed by atoms with van der Waals surface area (Å²) in [5.74, 6) is -0.638. The number of amides is 2. The molecule has 0 bridgehead atoms. The maximum absolute atomic E-state index is 13.0. The van der Waals surface area contributed by atoms with E-state index in [1.807, 2.05) is 24.5 Å². The van der Waals surface area contributed by atoms with Crippen molar-refractivity contribution in [3.63, 3.8) is 0 Å². The second-order valence-corrected chi connectivity index (χ2v) is 9.01. The van der Waals surface area contributed by atoms with Gasteiger partial charge in [-0.15, -0.1) is 11.3 Å². The number of piperidine rings is 1. The monoisotopic (exact) mass is 429 g/mol. The van der Waals surface area contributed by atoms with Crippen molar-refractivity contribution in [3.05, 3.63) is 53.8 Å². The molecular formula is C21H20FN3O2S2. The Labute approximate surface area is 176 Å². The summed E-state index contributed by atoms with van der Waals surface area (Å²) in [6.45, 7) is 1.03. The molecule has 3 aromatic rings. The zero-order chi connectivity index (χ0) is 20.4. The Morgan fingerprint density at radius 2 is 1.90 bits per heavy atom. The number of likely N-dealkylation sites (tertiary alicyclic amines) is 1. The average molecular weight is 430 g/mol. The Morgan fingerprint density at radius 3 is 2.59 bits per heavy atom. The first-order valence-corrected chi connectivity index (χ1v) is 11.4. The fraction of sp³-hybridized carbons (Fsp3) is 0.286. The standard InChI is InChI=1S/C21H20FN3O2S2/c1-28-21-24-17-7-6-16(12-18(17)29-21)23-19(26)13-8-10-25(11-9-13)20(27)14-2-4-15(22)5-3-14/h2-7,12-13H,8-11H2,1H3,(H,23,26). The molecule has 29 heavy (non-hydrogen) atoms. The van der Waals surface area contributed by atoms with E-state index in [1.54, 1.807) is 28.0 Å². The summed E-state index contributed by atoms with van der Waals surface area (Å²) >= 11 is 3.22. The molecule has 1 aliphatic heterocycles. The quantitative estimate of drug-likeness (QED) is 0.614. The van der Waals surface area contributed by atoms with Crippen molar-refractivity contribution in [3.8, 4) is 0 Å². The van der Waals surface area contributed by atoms with E-state index in [0.29, 0.717) is 31.5 Å². The molecule has 5 nitrogen and oxygen atoms in total. The summed E-state index contributed by atoms with van der Waals surface area (Å²) in [5, 5.41) is 3.00. The highest BCUT2D eigenvalue weighted by atomic mass is 32.2. The molecule has 1 fully saturated rings. The highest BCUT2D eigenvalue weighted by Crippen LogP contribution is 2.30. The molecule has 1 aliphatic rings. The van der Waals surface area contributed by atoms with Crippen LogP contribution in [0, 0.1) is 11.7 Å². The molecule has 1 N–H and O–H groups in total. The topological polar surface area (TPSA) is 62.3 Å². The molecule has 1 aromatic heterocycles. The maximum Gasteiger partial charge on any atom is 0.253 e. The predicted octanol–water partition coefficient (Wildman–Crippen LogP) is 4.65. The van der Waals surface area contributed by atoms with Gasteiger partial charge in [0.1, 0.15) is 5.82 Å². The van der Waals surface area contributed by atoms with Gasteiger partial charge in [-0.3, -0.25) is 9.59 Å². The van der Waals surface area contributed by atoms with E-state index in [0.717, 1.165) is 20.2 Å². The van der Waals surface area contributed by atoms with Gasteiger partial charge in [0.15, 0.2) is 4.34 Å². The van der Waals surface area contributed by atoms with Crippen LogP contribution in [0.2, 0.25) is 0 Å². The Bertz CT molecular complexity index is 1040. The van der Waals surface area contributed by atoms with Crippen molar-refractivity contribution < 1.29 is 14.0 Å². The summed E-state index contributed by atoms with van der Waals surface area (Å²) in [4.78, 5) is 31.4. The maximum atomic E-state index is 13.0. The van der Waals surface area contributed by atoms with Crippen LogP contribution in [0.1, 0.15) is 23.2 Å². The van der Waals surface area contributed by atoms with Crippen LogP contribution in [0.3, 0.4) is 0 Å². The molecule has 0 atom stereocenters. The fourth-order valence-corrected chi connectivity index (χ4v) is 4.96. The van der Waals surface area contributed by atoms with Crippen molar-refractivity contribution in [2.75, 3.05) is 24.7 Å². The fourth-order valence-electron chi connectivity index (χ4n) is 3.43. The van der Waals surface area contributed by atoms with Gasteiger partial charge in [0.2, 0.25) is 5.91 Å². The highest BCUT2D eigenvalue weighted by molar-refractivity contribution is 8.00. The van der Waals surface area contributed by atoms with Gasteiger partial charge in [0, 0.05) is 30.3 Å². The van der Waals surface area contributed by atoms with Crippen LogP contribution in [0.25, 0.3) is 10.2 Å². The Kier molecular flexibility index (Phi) is 5.82. The SMILES string of the molecule is CSc1nc2ccc(NC(=O)C3CCN(C(=O)c4ccc(F)cc4)CC3)cc2s1. The van der Waals surface area contributed by atoms with Crippen LogP contribution in [-0.4, -0.2) is 41.0 Å². The summed E-state index contributed by atoms with van der Waals surface area (Å²) in [7, 11) is 0. The number of carbonyl (C=O) groups is 2. The van der Waals surface area contributed by atoms with Gasteiger partial charge >= 0.3 is 0 Å². The van der Waals surface area contributed by atoms with Crippen LogP contribution in [0.15, 0.2) is 46.8 Å². The first kappa shape index (κ1) is 19.8. The number of benzene rings is 2. The lowest BCUT2D eigenvalue weighted by Gasteiger charge is -2.31. The molecule has 1 saturated heterocycles. The third-order valence-corrected chi connectivity index (χ3v) is 7.06. The van der Waals surface area contributed by atoms with Gasteiger partial charge in [0.25, 0.3) is 5.91 Å².